The van der Waals surface area contributed by atoms with Crippen LogP contribution in [0.1, 0.15) is 19.8 Å². The largest absolute Gasteiger partial charge is 0.488 e. The Kier molecular flexibility index (Phi) is 6.02. The van der Waals surface area contributed by atoms with Gasteiger partial charge in [0, 0.05) is 11.4 Å². The first kappa shape index (κ1) is 14.9. The molecular formula is C13H15Cl2NO2. The lowest BCUT2D eigenvalue weighted by atomic mass is 10.1. The maximum atomic E-state index is 10.6. The van der Waals surface area contributed by atoms with Gasteiger partial charge in [0.25, 0.3) is 0 Å². The van der Waals surface area contributed by atoms with E-state index in [-0.39, 0.29) is 5.91 Å². The highest BCUT2D eigenvalue weighted by molar-refractivity contribution is 6.35. The Balaban J connectivity index is 2.45. The van der Waals surface area contributed by atoms with Gasteiger partial charge in [-0.05, 0) is 37.6 Å². The predicted molar refractivity (Wildman–Crippen MR) is 74.1 cm³/mol. The number of ether oxygens (including phenoxy) is 1. The lowest BCUT2D eigenvalue weighted by molar-refractivity contribution is -0.117. The van der Waals surface area contributed by atoms with Crippen molar-refractivity contribution in [3.8, 4) is 5.75 Å². The molecule has 0 aliphatic carbocycles. The minimum absolute atomic E-state index is 0.301. The van der Waals surface area contributed by atoms with E-state index in [4.69, 9.17) is 33.7 Å². The first-order chi connectivity index (χ1) is 8.49. The van der Waals surface area contributed by atoms with Gasteiger partial charge in [0.2, 0.25) is 5.91 Å². The SMILES string of the molecule is CC(=CCOc1ccc(Cl)cc1Cl)CCC(N)=O. The molecule has 3 nitrogen and oxygen atoms in total. The first-order valence-corrected chi connectivity index (χ1v) is 6.26. The Morgan fingerprint density at radius 3 is 2.72 bits per heavy atom. The summed E-state index contributed by atoms with van der Waals surface area (Å²) in [7, 11) is 0. The fourth-order valence-electron chi connectivity index (χ4n) is 1.29. The fraction of sp³-hybridized carbons (Fsp3) is 0.308. The fourth-order valence-corrected chi connectivity index (χ4v) is 1.75. The van der Waals surface area contributed by atoms with Crippen LogP contribution < -0.4 is 10.5 Å². The van der Waals surface area contributed by atoms with Crippen LogP contribution in [-0.2, 0) is 4.79 Å². The molecule has 0 saturated heterocycles. The number of nitrogens with two attached hydrogens (primary N) is 1. The van der Waals surface area contributed by atoms with Crippen molar-refractivity contribution in [2.75, 3.05) is 6.61 Å². The zero-order chi connectivity index (χ0) is 13.5. The highest BCUT2D eigenvalue weighted by atomic mass is 35.5. The van der Waals surface area contributed by atoms with E-state index < -0.39 is 0 Å². The summed E-state index contributed by atoms with van der Waals surface area (Å²) in [6.07, 6.45) is 2.89. The normalized spacial score (nSPS) is 11.4. The van der Waals surface area contributed by atoms with Crippen LogP contribution in [-0.4, -0.2) is 12.5 Å². The van der Waals surface area contributed by atoms with E-state index >= 15 is 0 Å². The molecule has 1 aromatic rings. The number of hydrogen-bond donors (Lipinski definition) is 1. The number of primary amides is 1. The monoisotopic (exact) mass is 287 g/mol. The molecule has 0 aliphatic rings. The van der Waals surface area contributed by atoms with Crippen molar-refractivity contribution < 1.29 is 9.53 Å². The summed E-state index contributed by atoms with van der Waals surface area (Å²) < 4.78 is 5.49. The molecule has 0 radical (unpaired) electrons. The summed E-state index contributed by atoms with van der Waals surface area (Å²) >= 11 is 11.7. The van der Waals surface area contributed by atoms with Crippen LogP contribution in [0, 0.1) is 0 Å². The molecule has 0 heterocycles. The molecule has 0 fully saturated rings. The van der Waals surface area contributed by atoms with E-state index in [9.17, 15) is 4.79 Å². The number of allylic oxidation sites excluding steroid dienone is 1. The molecule has 0 saturated carbocycles. The van der Waals surface area contributed by atoms with Crippen molar-refractivity contribution in [2.45, 2.75) is 19.8 Å². The Hall–Kier alpha value is -1.19. The zero-order valence-corrected chi connectivity index (χ0v) is 11.6. The summed E-state index contributed by atoms with van der Waals surface area (Å²) in [4.78, 5) is 10.6. The second kappa shape index (κ2) is 7.29. The Morgan fingerprint density at radius 2 is 2.11 bits per heavy atom. The molecule has 0 bridgehead atoms. The number of carbonyl (C=O) groups excluding carboxylic acids is 1. The second-order valence-electron chi connectivity index (χ2n) is 3.90. The minimum atomic E-state index is -0.301. The third-order valence-electron chi connectivity index (χ3n) is 2.33. The van der Waals surface area contributed by atoms with E-state index in [0.717, 1.165) is 5.57 Å². The van der Waals surface area contributed by atoms with E-state index in [1.807, 2.05) is 13.0 Å². The van der Waals surface area contributed by atoms with Crippen LogP contribution in [0.4, 0.5) is 0 Å². The lowest BCUT2D eigenvalue weighted by Gasteiger charge is -2.06. The van der Waals surface area contributed by atoms with Gasteiger partial charge in [0.15, 0.2) is 0 Å². The standard InChI is InChI=1S/C13H15Cl2NO2/c1-9(2-5-13(16)17)6-7-18-12-4-3-10(14)8-11(12)15/h3-4,6,8H,2,5,7H2,1H3,(H2,16,17). The van der Waals surface area contributed by atoms with Crippen LogP contribution in [0.2, 0.25) is 10.0 Å². The molecule has 2 N–H and O–H groups in total. The number of amides is 1. The molecule has 0 unspecified atom stereocenters. The van der Waals surface area contributed by atoms with Gasteiger partial charge in [-0.2, -0.15) is 0 Å². The number of halogens is 2. The molecule has 98 valence electrons. The minimum Gasteiger partial charge on any atom is -0.488 e. The molecular weight excluding hydrogens is 273 g/mol. The third-order valence-corrected chi connectivity index (χ3v) is 2.86. The summed E-state index contributed by atoms with van der Waals surface area (Å²) in [5.41, 5.74) is 6.12. The van der Waals surface area contributed by atoms with Gasteiger partial charge in [-0.25, -0.2) is 0 Å². The highest BCUT2D eigenvalue weighted by Crippen LogP contribution is 2.27. The van der Waals surface area contributed by atoms with Crippen LogP contribution in [0.5, 0.6) is 5.75 Å². The van der Waals surface area contributed by atoms with Crippen molar-refractivity contribution >= 4 is 29.1 Å². The number of carbonyl (C=O) groups is 1. The van der Waals surface area contributed by atoms with Crippen molar-refractivity contribution in [1.29, 1.82) is 0 Å². The smallest absolute Gasteiger partial charge is 0.217 e. The van der Waals surface area contributed by atoms with Gasteiger partial charge >= 0.3 is 0 Å². The molecule has 1 aromatic carbocycles. The van der Waals surface area contributed by atoms with E-state index in [1.54, 1.807) is 18.2 Å². The van der Waals surface area contributed by atoms with Gasteiger partial charge < -0.3 is 10.5 Å². The van der Waals surface area contributed by atoms with E-state index in [0.29, 0.717) is 35.2 Å². The average molecular weight is 288 g/mol. The summed E-state index contributed by atoms with van der Waals surface area (Å²) in [6, 6.07) is 5.06. The van der Waals surface area contributed by atoms with Crippen LogP contribution in [0.15, 0.2) is 29.8 Å². The molecule has 0 atom stereocenters. The van der Waals surface area contributed by atoms with Gasteiger partial charge in [-0.3, -0.25) is 4.79 Å². The van der Waals surface area contributed by atoms with Gasteiger partial charge in [-0.15, -0.1) is 0 Å². The summed E-state index contributed by atoms with van der Waals surface area (Å²) in [5, 5.41) is 1.05. The van der Waals surface area contributed by atoms with Crippen molar-refractivity contribution in [1.82, 2.24) is 0 Å². The summed E-state index contributed by atoms with van der Waals surface area (Å²) in [6.45, 7) is 2.32. The zero-order valence-electron chi connectivity index (χ0n) is 10.1. The molecule has 5 heteroatoms. The second-order valence-corrected chi connectivity index (χ2v) is 4.75. The van der Waals surface area contributed by atoms with E-state index in [2.05, 4.69) is 0 Å². The molecule has 1 rings (SSSR count). The van der Waals surface area contributed by atoms with Crippen LogP contribution >= 0.6 is 23.2 Å². The molecule has 18 heavy (non-hydrogen) atoms. The molecule has 0 spiro atoms. The number of rotatable bonds is 6. The average Bonchev–Trinajstić information content (AvgIpc) is 2.29. The highest BCUT2D eigenvalue weighted by Gasteiger charge is 2.01. The quantitative estimate of drug-likeness (QED) is 0.813. The molecule has 0 aromatic heterocycles. The number of hydrogen-bond acceptors (Lipinski definition) is 2. The topological polar surface area (TPSA) is 52.3 Å². The number of benzene rings is 1. The van der Waals surface area contributed by atoms with Gasteiger partial charge in [0.1, 0.15) is 12.4 Å². The maximum Gasteiger partial charge on any atom is 0.217 e. The predicted octanol–water partition coefficient (Wildman–Crippen LogP) is 3.58. The first-order valence-electron chi connectivity index (χ1n) is 5.51. The van der Waals surface area contributed by atoms with Gasteiger partial charge in [-0.1, -0.05) is 28.8 Å². The molecule has 1 amide bonds. The molecule has 0 aliphatic heterocycles. The van der Waals surface area contributed by atoms with Crippen LogP contribution in [0.25, 0.3) is 0 Å². The Bertz CT molecular complexity index is 458. The maximum absolute atomic E-state index is 10.6. The van der Waals surface area contributed by atoms with Crippen molar-refractivity contribution in [3.05, 3.63) is 39.9 Å². The van der Waals surface area contributed by atoms with Crippen LogP contribution in [0.3, 0.4) is 0 Å². The summed E-state index contributed by atoms with van der Waals surface area (Å²) in [5.74, 6) is 0.282. The van der Waals surface area contributed by atoms with E-state index in [1.165, 1.54) is 0 Å². The Labute approximate surface area is 117 Å². The van der Waals surface area contributed by atoms with Gasteiger partial charge in [0.05, 0.1) is 5.02 Å². The Morgan fingerprint density at radius 1 is 1.39 bits per heavy atom. The lowest BCUT2D eigenvalue weighted by Crippen LogP contribution is -2.09. The van der Waals surface area contributed by atoms with Crippen molar-refractivity contribution in [3.63, 3.8) is 0 Å². The third kappa shape index (κ3) is 5.43. The van der Waals surface area contributed by atoms with Crippen molar-refractivity contribution in [2.24, 2.45) is 5.73 Å².